The number of ketones is 1. The molecule has 0 aromatic carbocycles. The zero-order valence-electron chi connectivity index (χ0n) is 11.5. The molecule has 3 nitrogen and oxygen atoms in total. The Morgan fingerprint density at radius 3 is 2.56 bits per heavy atom. The molecule has 18 heavy (non-hydrogen) atoms. The van der Waals surface area contributed by atoms with Gasteiger partial charge in [0.2, 0.25) is 0 Å². The van der Waals surface area contributed by atoms with Gasteiger partial charge in [-0.2, -0.15) is 0 Å². The summed E-state index contributed by atoms with van der Waals surface area (Å²) in [6.45, 7) is 13.4. The Balaban J connectivity index is 2.16. The molecule has 4 atom stereocenters. The van der Waals surface area contributed by atoms with Crippen molar-refractivity contribution < 1.29 is 14.3 Å². The van der Waals surface area contributed by atoms with Crippen LogP contribution in [0.25, 0.3) is 0 Å². The van der Waals surface area contributed by atoms with E-state index < -0.39 is 5.60 Å². The number of ether oxygens (including phenoxy) is 2. The van der Waals surface area contributed by atoms with Crippen LogP contribution in [0.15, 0.2) is 24.8 Å². The van der Waals surface area contributed by atoms with Crippen molar-refractivity contribution in [3.63, 3.8) is 0 Å². The average molecular weight is 250 g/mol. The summed E-state index contributed by atoms with van der Waals surface area (Å²) in [6.07, 6.45) is 3.58. The van der Waals surface area contributed by atoms with E-state index in [9.17, 15) is 4.79 Å². The lowest BCUT2D eigenvalue weighted by atomic mass is 9.91. The van der Waals surface area contributed by atoms with Crippen LogP contribution in [0.3, 0.4) is 0 Å². The molecular weight excluding hydrogens is 228 g/mol. The minimum atomic E-state index is -0.829. The molecule has 2 saturated heterocycles. The molecule has 0 spiro atoms. The Bertz CT molecular complexity index is 401. The van der Waals surface area contributed by atoms with E-state index in [-0.39, 0.29) is 23.6 Å². The van der Waals surface area contributed by atoms with E-state index in [4.69, 9.17) is 9.47 Å². The predicted molar refractivity (Wildman–Crippen MR) is 70.4 cm³/mol. The van der Waals surface area contributed by atoms with E-state index in [1.807, 2.05) is 26.8 Å². The molecule has 0 bridgehead atoms. The highest BCUT2D eigenvalue weighted by atomic mass is 16.6. The van der Waals surface area contributed by atoms with Gasteiger partial charge >= 0.3 is 0 Å². The molecule has 0 N–H and O–H groups in total. The molecular formula is C15H22O3. The van der Waals surface area contributed by atoms with Crippen LogP contribution in [0.5, 0.6) is 0 Å². The average Bonchev–Trinajstić information content (AvgIpc) is 2.84. The molecule has 100 valence electrons. The molecule has 0 aromatic heterocycles. The quantitative estimate of drug-likeness (QED) is 0.722. The molecule has 0 radical (unpaired) electrons. The molecule has 0 aromatic rings. The first kappa shape index (κ1) is 13.5. The lowest BCUT2D eigenvalue weighted by Gasteiger charge is -2.31. The normalized spacial score (nSPS) is 44.3. The van der Waals surface area contributed by atoms with Gasteiger partial charge in [0.05, 0.1) is 17.8 Å². The fourth-order valence-electron chi connectivity index (χ4n) is 2.70. The van der Waals surface area contributed by atoms with Crippen molar-refractivity contribution >= 4 is 5.78 Å². The molecule has 0 saturated carbocycles. The second kappa shape index (κ2) is 4.32. The summed E-state index contributed by atoms with van der Waals surface area (Å²) in [6, 6.07) is 0. The number of hydrogen-bond donors (Lipinski definition) is 0. The van der Waals surface area contributed by atoms with E-state index in [1.54, 1.807) is 0 Å². The zero-order chi connectivity index (χ0) is 13.6. The lowest BCUT2D eigenvalue weighted by molar-refractivity contribution is -0.155. The second-order valence-corrected chi connectivity index (χ2v) is 5.85. The maximum atomic E-state index is 12.2. The van der Waals surface area contributed by atoms with Gasteiger partial charge in [-0.1, -0.05) is 18.2 Å². The Labute approximate surface area is 109 Å². The molecule has 3 heteroatoms. The lowest BCUT2D eigenvalue weighted by Crippen LogP contribution is -2.46. The molecule has 4 unspecified atom stereocenters. The summed E-state index contributed by atoms with van der Waals surface area (Å²) in [5, 5.41) is 0. The second-order valence-electron chi connectivity index (χ2n) is 5.85. The standard InChI is InChI=1S/C15H22O3/c1-6-14(4)8-7-13(18-14)15(5)12(16)9-11(17-15)10(2)3/h6,11,13H,1-2,7-9H2,3-5H3. The summed E-state index contributed by atoms with van der Waals surface area (Å²) in [5.41, 5.74) is -0.264. The highest BCUT2D eigenvalue weighted by molar-refractivity contribution is 5.90. The number of hydrogen-bond acceptors (Lipinski definition) is 3. The maximum absolute atomic E-state index is 12.2. The Hall–Kier alpha value is -0.930. The highest BCUT2D eigenvalue weighted by Gasteiger charge is 2.54. The smallest absolute Gasteiger partial charge is 0.169 e. The summed E-state index contributed by atoms with van der Waals surface area (Å²) in [4.78, 5) is 12.2. The van der Waals surface area contributed by atoms with Crippen LogP contribution < -0.4 is 0 Å². The predicted octanol–water partition coefficient (Wildman–Crippen LogP) is 2.80. The van der Waals surface area contributed by atoms with Crippen molar-refractivity contribution in [2.24, 2.45) is 0 Å². The van der Waals surface area contributed by atoms with Gasteiger partial charge in [0.15, 0.2) is 11.4 Å². The molecule has 2 aliphatic heterocycles. The minimum absolute atomic E-state index is 0.119. The number of carbonyl (C=O) groups is 1. The number of rotatable bonds is 3. The molecule has 0 aliphatic carbocycles. The third kappa shape index (κ3) is 2.06. The SMILES string of the molecule is C=CC1(C)CCC(C2(C)OC(C(=C)C)CC2=O)O1. The van der Waals surface area contributed by atoms with Crippen LogP contribution in [0.1, 0.15) is 40.0 Å². The van der Waals surface area contributed by atoms with Gasteiger partial charge in [-0.3, -0.25) is 4.79 Å². The molecule has 0 amide bonds. The summed E-state index contributed by atoms with van der Waals surface area (Å²) in [5.74, 6) is 0.119. The van der Waals surface area contributed by atoms with Crippen molar-refractivity contribution in [3.05, 3.63) is 24.8 Å². The monoisotopic (exact) mass is 250 g/mol. The van der Waals surface area contributed by atoms with Crippen molar-refractivity contribution in [1.82, 2.24) is 0 Å². The number of carbonyl (C=O) groups excluding carboxylic acids is 1. The first-order valence-corrected chi connectivity index (χ1v) is 6.49. The van der Waals surface area contributed by atoms with Crippen LogP contribution in [-0.2, 0) is 14.3 Å². The maximum Gasteiger partial charge on any atom is 0.169 e. The molecule has 2 heterocycles. The minimum Gasteiger partial charge on any atom is -0.365 e. The van der Waals surface area contributed by atoms with E-state index in [2.05, 4.69) is 13.2 Å². The van der Waals surface area contributed by atoms with Gasteiger partial charge in [-0.25, -0.2) is 0 Å². The van der Waals surface area contributed by atoms with Crippen molar-refractivity contribution in [2.45, 2.75) is 63.4 Å². The third-order valence-corrected chi connectivity index (χ3v) is 4.22. The van der Waals surface area contributed by atoms with E-state index in [1.165, 1.54) is 0 Å². The summed E-state index contributed by atoms with van der Waals surface area (Å²) >= 11 is 0. The van der Waals surface area contributed by atoms with Crippen LogP contribution in [0.4, 0.5) is 0 Å². The van der Waals surface area contributed by atoms with Crippen LogP contribution in [0.2, 0.25) is 0 Å². The fraction of sp³-hybridized carbons (Fsp3) is 0.667. The van der Waals surface area contributed by atoms with Gasteiger partial charge in [-0.15, -0.1) is 6.58 Å². The van der Waals surface area contributed by atoms with E-state index in [0.29, 0.717) is 6.42 Å². The van der Waals surface area contributed by atoms with Crippen LogP contribution in [-0.4, -0.2) is 29.2 Å². The Morgan fingerprint density at radius 1 is 1.44 bits per heavy atom. The number of Topliss-reactive ketones (excluding diaryl/α,β-unsaturated/α-hetero) is 1. The van der Waals surface area contributed by atoms with Crippen LogP contribution in [0, 0.1) is 0 Å². The van der Waals surface area contributed by atoms with Gasteiger partial charge in [0, 0.05) is 6.42 Å². The highest BCUT2D eigenvalue weighted by Crippen LogP contribution is 2.42. The first-order valence-electron chi connectivity index (χ1n) is 6.49. The molecule has 2 fully saturated rings. The Morgan fingerprint density at radius 2 is 2.11 bits per heavy atom. The van der Waals surface area contributed by atoms with E-state index >= 15 is 0 Å². The van der Waals surface area contributed by atoms with Crippen molar-refractivity contribution in [3.8, 4) is 0 Å². The van der Waals surface area contributed by atoms with Gasteiger partial charge in [-0.05, 0) is 33.6 Å². The first-order chi connectivity index (χ1) is 8.31. The van der Waals surface area contributed by atoms with Crippen molar-refractivity contribution in [1.29, 1.82) is 0 Å². The zero-order valence-corrected chi connectivity index (χ0v) is 11.5. The molecule has 2 aliphatic rings. The third-order valence-electron chi connectivity index (χ3n) is 4.22. The fourth-order valence-corrected chi connectivity index (χ4v) is 2.70. The van der Waals surface area contributed by atoms with E-state index in [0.717, 1.165) is 18.4 Å². The Kier molecular flexibility index (Phi) is 3.24. The van der Waals surface area contributed by atoms with Crippen molar-refractivity contribution in [2.75, 3.05) is 0 Å². The van der Waals surface area contributed by atoms with Gasteiger partial charge in [0.1, 0.15) is 0 Å². The van der Waals surface area contributed by atoms with Gasteiger partial charge in [0.25, 0.3) is 0 Å². The van der Waals surface area contributed by atoms with Crippen LogP contribution >= 0.6 is 0 Å². The van der Waals surface area contributed by atoms with Gasteiger partial charge < -0.3 is 9.47 Å². The topological polar surface area (TPSA) is 35.5 Å². The summed E-state index contributed by atoms with van der Waals surface area (Å²) in [7, 11) is 0. The largest absolute Gasteiger partial charge is 0.365 e. The summed E-state index contributed by atoms with van der Waals surface area (Å²) < 4.78 is 11.9. The molecule has 2 rings (SSSR count).